The SMILES string of the molecule is CC(NC(=O)CC(F)(F)F)c1cccc(C#CCCO)c1. The molecule has 1 aromatic rings. The van der Waals surface area contributed by atoms with Gasteiger partial charge in [0, 0.05) is 12.0 Å². The van der Waals surface area contributed by atoms with Crippen molar-refractivity contribution in [3.63, 3.8) is 0 Å². The lowest BCUT2D eigenvalue weighted by Crippen LogP contribution is -2.30. The minimum absolute atomic E-state index is 0.0312. The van der Waals surface area contributed by atoms with Crippen molar-refractivity contribution in [2.24, 2.45) is 0 Å². The molecule has 0 aliphatic carbocycles. The molecule has 0 fully saturated rings. The third-order valence-corrected chi connectivity index (χ3v) is 2.59. The van der Waals surface area contributed by atoms with Crippen LogP contribution in [0.4, 0.5) is 13.2 Å². The minimum atomic E-state index is -4.51. The summed E-state index contributed by atoms with van der Waals surface area (Å²) in [6.45, 7) is 1.57. The van der Waals surface area contributed by atoms with E-state index in [-0.39, 0.29) is 6.61 Å². The Bertz CT molecular complexity index is 544. The van der Waals surface area contributed by atoms with Gasteiger partial charge in [-0.1, -0.05) is 24.0 Å². The summed E-state index contributed by atoms with van der Waals surface area (Å²) in [4.78, 5) is 11.3. The highest BCUT2D eigenvalue weighted by Gasteiger charge is 2.31. The first-order chi connectivity index (χ1) is 9.81. The standard InChI is InChI=1S/C15H16F3NO2/c1-11(19-14(21)10-15(16,17)18)13-7-4-6-12(9-13)5-2-3-8-20/h4,6-7,9,11,20H,3,8,10H2,1H3,(H,19,21). The number of halogens is 3. The first-order valence-electron chi connectivity index (χ1n) is 6.37. The summed E-state index contributed by atoms with van der Waals surface area (Å²) in [6, 6.07) is 6.32. The van der Waals surface area contributed by atoms with Crippen LogP contribution in [0.1, 0.15) is 36.9 Å². The van der Waals surface area contributed by atoms with Crippen LogP contribution in [0.3, 0.4) is 0 Å². The Morgan fingerprint density at radius 2 is 2.14 bits per heavy atom. The van der Waals surface area contributed by atoms with Crippen molar-refractivity contribution in [3.8, 4) is 11.8 Å². The predicted molar refractivity (Wildman–Crippen MR) is 72.3 cm³/mol. The summed E-state index contributed by atoms with van der Waals surface area (Å²) in [7, 11) is 0. The molecular weight excluding hydrogens is 283 g/mol. The third kappa shape index (κ3) is 6.82. The first kappa shape index (κ1) is 17.1. The maximum Gasteiger partial charge on any atom is 0.397 e. The van der Waals surface area contributed by atoms with Crippen LogP contribution in [0, 0.1) is 11.8 Å². The lowest BCUT2D eigenvalue weighted by Gasteiger charge is -2.15. The van der Waals surface area contributed by atoms with E-state index in [0.29, 0.717) is 17.5 Å². The molecule has 6 heteroatoms. The number of carbonyl (C=O) groups is 1. The second-order valence-corrected chi connectivity index (χ2v) is 4.48. The number of aliphatic hydroxyl groups is 1. The maximum absolute atomic E-state index is 12.1. The van der Waals surface area contributed by atoms with Gasteiger partial charge in [-0.25, -0.2) is 0 Å². The fourth-order valence-electron chi connectivity index (χ4n) is 1.66. The van der Waals surface area contributed by atoms with E-state index in [0.717, 1.165) is 0 Å². The number of amides is 1. The third-order valence-electron chi connectivity index (χ3n) is 2.59. The summed E-state index contributed by atoms with van der Waals surface area (Å²) in [5.74, 6) is 4.52. The van der Waals surface area contributed by atoms with E-state index in [1.54, 1.807) is 31.2 Å². The van der Waals surface area contributed by atoms with Gasteiger partial charge in [0.05, 0.1) is 12.6 Å². The molecule has 0 aliphatic heterocycles. The zero-order chi connectivity index (χ0) is 15.9. The van der Waals surface area contributed by atoms with Crippen LogP contribution in [0.5, 0.6) is 0 Å². The Kier molecular flexibility index (Phi) is 6.25. The van der Waals surface area contributed by atoms with Crippen molar-refractivity contribution in [2.75, 3.05) is 6.61 Å². The van der Waals surface area contributed by atoms with E-state index in [1.165, 1.54) is 0 Å². The van der Waals surface area contributed by atoms with E-state index in [1.807, 2.05) is 0 Å². The molecule has 0 saturated carbocycles. The highest BCUT2D eigenvalue weighted by atomic mass is 19.4. The van der Waals surface area contributed by atoms with E-state index in [9.17, 15) is 18.0 Å². The molecule has 1 unspecified atom stereocenters. The lowest BCUT2D eigenvalue weighted by atomic mass is 10.0. The molecule has 0 saturated heterocycles. The Morgan fingerprint density at radius 1 is 1.43 bits per heavy atom. The second-order valence-electron chi connectivity index (χ2n) is 4.48. The molecule has 0 aromatic heterocycles. The quantitative estimate of drug-likeness (QED) is 0.840. The van der Waals surface area contributed by atoms with Gasteiger partial charge < -0.3 is 10.4 Å². The normalized spacial score (nSPS) is 12.2. The number of benzene rings is 1. The van der Waals surface area contributed by atoms with Crippen molar-refractivity contribution in [1.29, 1.82) is 0 Å². The maximum atomic E-state index is 12.1. The van der Waals surface area contributed by atoms with Gasteiger partial charge in [0.1, 0.15) is 6.42 Å². The van der Waals surface area contributed by atoms with Gasteiger partial charge in [0.15, 0.2) is 0 Å². The number of carbonyl (C=O) groups excluding carboxylic acids is 1. The summed E-state index contributed by atoms with van der Waals surface area (Å²) in [6.07, 6.45) is -5.66. The van der Waals surface area contributed by atoms with Crippen LogP contribution < -0.4 is 5.32 Å². The number of nitrogens with one attached hydrogen (secondary N) is 1. The average molecular weight is 299 g/mol. The first-order valence-corrected chi connectivity index (χ1v) is 6.37. The highest BCUT2D eigenvalue weighted by molar-refractivity contribution is 5.77. The topological polar surface area (TPSA) is 49.3 Å². The zero-order valence-electron chi connectivity index (χ0n) is 11.5. The molecule has 21 heavy (non-hydrogen) atoms. The van der Waals surface area contributed by atoms with E-state index in [2.05, 4.69) is 17.2 Å². The molecule has 1 aromatic carbocycles. The molecule has 1 atom stereocenters. The Labute approximate surface area is 121 Å². The minimum Gasteiger partial charge on any atom is -0.395 e. The van der Waals surface area contributed by atoms with Crippen LogP contribution in [0.15, 0.2) is 24.3 Å². The monoisotopic (exact) mass is 299 g/mol. The van der Waals surface area contributed by atoms with Crippen LogP contribution in [-0.4, -0.2) is 23.8 Å². The van der Waals surface area contributed by atoms with Crippen molar-refractivity contribution in [3.05, 3.63) is 35.4 Å². The Hall–Kier alpha value is -2.00. The van der Waals surface area contributed by atoms with Crippen LogP contribution in [0.25, 0.3) is 0 Å². The molecule has 0 spiro atoms. The summed E-state index contributed by atoms with van der Waals surface area (Å²) in [5.41, 5.74) is 1.35. The Balaban J connectivity index is 2.70. The number of hydrogen-bond donors (Lipinski definition) is 2. The summed E-state index contributed by atoms with van der Waals surface area (Å²) < 4.78 is 36.3. The largest absolute Gasteiger partial charge is 0.397 e. The smallest absolute Gasteiger partial charge is 0.395 e. The van der Waals surface area contributed by atoms with E-state index < -0.39 is 24.5 Å². The van der Waals surface area contributed by atoms with Crippen molar-refractivity contribution in [1.82, 2.24) is 5.32 Å². The van der Waals surface area contributed by atoms with Gasteiger partial charge in [-0.15, -0.1) is 0 Å². The number of rotatable bonds is 4. The average Bonchev–Trinajstić information content (AvgIpc) is 2.37. The lowest BCUT2D eigenvalue weighted by molar-refractivity contribution is -0.154. The van der Waals surface area contributed by atoms with Crippen LogP contribution in [-0.2, 0) is 4.79 Å². The predicted octanol–water partition coefficient (Wildman–Crippen LogP) is 2.55. The van der Waals surface area contributed by atoms with Crippen LogP contribution in [0.2, 0.25) is 0 Å². The second kappa shape index (κ2) is 7.70. The number of hydrogen-bond acceptors (Lipinski definition) is 2. The van der Waals surface area contributed by atoms with Gasteiger partial charge in [-0.2, -0.15) is 13.2 Å². The highest BCUT2D eigenvalue weighted by Crippen LogP contribution is 2.20. The van der Waals surface area contributed by atoms with Crippen molar-refractivity contribution >= 4 is 5.91 Å². The summed E-state index contributed by atoms with van der Waals surface area (Å²) >= 11 is 0. The van der Waals surface area contributed by atoms with Crippen LogP contribution >= 0.6 is 0 Å². The van der Waals surface area contributed by atoms with Gasteiger partial charge >= 0.3 is 6.18 Å². The van der Waals surface area contributed by atoms with Gasteiger partial charge in [0.2, 0.25) is 5.91 Å². The fraction of sp³-hybridized carbons (Fsp3) is 0.400. The zero-order valence-corrected chi connectivity index (χ0v) is 11.5. The van der Waals surface area contributed by atoms with E-state index >= 15 is 0 Å². The van der Waals surface area contributed by atoms with Crippen molar-refractivity contribution in [2.45, 2.75) is 32.0 Å². The fourth-order valence-corrected chi connectivity index (χ4v) is 1.66. The number of aliphatic hydroxyl groups excluding tert-OH is 1. The molecule has 0 heterocycles. The summed E-state index contributed by atoms with van der Waals surface area (Å²) in [5, 5.41) is 10.9. The van der Waals surface area contributed by atoms with Gasteiger partial charge in [0.25, 0.3) is 0 Å². The Morgan fingerprint density at radius 3 is 2.76 bits per heavy atom. The molecule has 0 bridgehead atoms. The molecule has 114 valence electrons. The van der Waals surface area contributed by atoms with Gasteiger partial charge in [-0.3, -0.25) is 4.79 Å². The molecule has 0 radical (unpaired) electrons. The molecule has 2 N–H and O–H groups in total. The number of alkyl halides is 3. The molecule has 0 aliphatic rings. The molecular formula is C15H16F3NO2. The molecule has 1 rings (SSSR count). The van der Waals surface area contributed by atoms with Crippen molar-refractivity contribution < 1.29 is 23.1 Å². The van der Waals surface area contributed by atoms with Gasteiger partial charge in [-0.05, 0) is 24.6 Å². The molecule has 1 amide bonds. The molecule has 3 nitrogen and oxygen atoms in total. The van der Waals surface area contributed by atoms with E-state index in [4.69, 9.17) is 5.11 Å².